The van der Waals surface area contributed by atoms with Crippen molar-refractivity contribution in [2.75, 3.05) is 19.5 Å². The topological polar surface area (TPSA) is 65.4 Å². The summed E-state index contributed by atoms with van der Waals surface area (Å²) < 4.78 is 52.3. The molecule has 0 atom stereocenters. The number of rotatable bonds is 7. The Morgan fingerprint density at radius 1 is 1.07 bits per heavy atom. The van der Waals surface area contributed by atoms with Gasteiger partial charge in [-0.05, 0) is 35.7 Å². The molecule has 9 heteroatoms. The second-order valence-electron chi connectivity index (χ2n) is 6.44. The Hall–Kier alpha value is -3.49. The van der Waals surface area contributed by atoms with Gasteiger partial charge < -0.3 is 19.4 Å². The molecule has 1 aromatic heterocycles. The van der Waals surface area contributed by atoms with Gasteiger partial charge in [-0.2, -0.15) is 4.98 Å². The SMILES string of the molecule is CCc1ccc(OC)cc1Nc1nc(=O)c(OC)cn1Cc1cc(F)c(F)c(F)c1. The number of ether oxygens (including phenoxy) is 2. The molecule has 30 heavy (non-hydrogen) atoms. The van der Waals surface area contributed by atoms with E-state index in [9.17, 15) is 18.0 Å². The first-order valence-corrected chi connectivity index (χ1v) is 9.09. The standard InChI is InChI=1S/C21H20F3N3O3/c1-4-13-5-6-14(29-2)9-17(13)25-21-26-20(28)18(30-3)11-27(21)10-12-7-15(22)19(24)16(23)8-12/h5-9,11H,4,10H2,1-3H3,(H,25,26,28). The highest BCUT2D eigenvalue weighted by atomic mass is 19.2. The van der Waals surface area contributed by atoms with Gasteiger partial charge in [0, 0.05) is 11.8 Å². The minimum atomic E-state index is -1.54. The third-order valence-electron chi connectivity index (χ3n) is 4.52. The van der Waals surface area contributed by atoms with E-state index in [4.69, 9.17) is 9.47 Å². The third kappa shape index (κ3) is 4.40. The van der Waals surface area contributed by atoms with E-state index < -0.39 is 23.0 Å². The second-order valence-corrected chi connectivity index (χ2v) is 6.44. The van der Waals surface area contributed by atoms with Crippen LogP contribution in [0.5, 0.6) is 11.5 Å². The summed E-state index contributed by atoms with van der Waals surface area (Å²) in [5.74, 6) is -3.49. The van der Waals surface area contributed by atoms with Gasteiger partial charge in [0.25, 0.3) is 0 Å². The number of aryl methyl sites for hydroxylation is 1. The van der Waals surface area contributed by atoms with Gasteiger partial charge in [-0.1, -0.05) is 13.0 Å². The van der Waals surface area contributed by atoms with E-state index in [2.05, 4.69) is 10.3 Å². The van der Waals surface area contributed by atoms with Crippen molar-refractivity contribution in [3.8, 4) is 11.5 Å². The molecule has 0 aliphatic carbocycles. The summed E-state index contributed by atoms with van der Waals surface area (Å²) in [5, 5.41) is 3.07. The average molecular weight is 419 g/mol. The summed E-state index contributed by atoms with van der Waals surface area (Å²) in [7, 11) is 2.84. The molecule has 0 saturated carbocycles. The van der Waals surface area contributed by atoms with E-state index in [-0.39, 0.29) is 23.8 Å². The molecule has 6 nitrogen and oxygen atoms in total. The van der Waals surface area contributed by atoms with Crippen molar-refractivity contribution in [2.45, 2.75) is 19.9 Å². The molecule has 158 valence electrons. The van der Waals surface area contributed by atoms with Gasteiger partial charge in [-0.25, -0.2) is 13.2 Å². The van der Waals surface area contributed by atoms with E-state index in [1.165, 1.54) is 25.0 Å². The number of hydrogen-bond acceptors (Lipinski definition) is 5. The maximum absolute atomic E-state index is 13.6. The highest BCUT2D eigenvalue weighted by Gasteiger charge is 2.15. The summed E-state index contributed by atoms with van der Waals surface area (Å²) in [4.78, 5) is 16.2. The molecule has 0 saturated heterocycles. The highest BCUT2D eigenvalue weighted by Crippen LogP contribution is 2.26. The lowest BCUT2D eigenvalue weighted by Crippen LogP contribution is -2.19. The highest BCUT2D eigenvalue weighted by molar-refractivity contribution is 5.61. The molecule has 0 radical (unpaired) electrons. The minimum Gasteiger partial charge on any atom is -0.497 e. The third-order valence-corrected chi connectivity index (χ3v) is 4.52. The van der Waals surface area contributed by atoms with Crippen LogP contribution in [-0.2, 0) is 13.0 Å². The van der Waals surface area contributed by atoms with Crippen molar-refractivity contribution < 1.29 is 22.6 Å². The summed E-state index contributed by atoms with van der Waals surface area (Å²) in [5.41, 5.74) is 1.11. The number of anilines is 2. The minimum absolute atomic E-state index is 0.0510. The van der Waals surface area contributed by atoms with Crippen LogP contribution in [0.4, 0.5) is 24.8 Å². The lowest BCUT2D eigenvalue weighted by atomic mass is 10.1. The normalized spacial score (nSPS) is 10.7. The zero-order chi connectivity index (χ0) is 21.8. The average Bonchev–Trinajstić information content (AvgIpc) is 2.73. The number of hydrogen-bond donors (Lipinski definition) is 1. The fourth-order valence-electron chi connectivity index (χ4n) is 2.96. The predicted octanol–water partition coefficient (Wildman–Crippen LogP) is 4.03. The van der Waals surface area contributed by atoms with Crippen LogP contribution < -0.4 is 20.3 Å². The van der Waals surface area contributed by atoms with E-state index in [1.807, 2.05) is 19.1 Å². The largest absolute Gasteiger partial charge is 0.497 e. The van der Waals surface area contributed by atoms with Crippen molar-refractivity contribution in [1.29, 1.82) is 0 Å². The number of aromatic nitrogens is 2. The molecule has 3 aromatic rings. The zero-order valence-electron chi connectivity index (χ0n) is 16.6. The quantitative estimate of drug-likeness (QED) is 0.586. The molecule has 2 aromatic carbocycles. The Kier molecular flexibility index (Phi) is 6.29. The molecule has 0 unspecified atom stereocenters. The smallest absolute Gasteiger partial charge is 0.316 e. The molecule has 1 heterocycles. The number of nitrogens with zero attached hydrogens (tertiary/aromatic N) is 2. The predicted molar refractivity (Wildman–Crippen MR) is 106 cm³/mol. The first-order valence-electron chi connectivity index (χ1n) is 9.09. The maximum atomic E-state index is 13.6. The monoisotopic (exact) mass is 419 g/mol. The fraction of sp³-hybridized carbons (Fsp3) is 0.238. The van der Waals surface area contributed by atoms with Crippen LogP contribution in [0.15, 0.2) is 41.3 Å². The van der Waals surface area contributed by atoms with Crippen molar-refractivity contribution in [3.05, 3.63) is 75.5 Å². The van der Waals surface area contributed by atoms with Gasteiger partial charge >= 0.3 is 5.56 Å². The Balaban J connectivity index is 2.07. The fourth-order valence-corrected chi connectivity index (χ4v) is 2.96. The van der Waals surface area contributed by atoms with Crippen molar-refractivity contribution in [3.63, 3.8) is 0 Å². The van der Waals surface area contributed by atoms with Crippen molar-refractivity contribution >= 4 is 11.6 Å². The molecule has 0 bridgehead atoms. The van der Waals surface area contributed by atoms with Crippen LogP contribution in [0.2, 0.25) is 0 Å². The summed E-state index contributed by atoms with van der Waals surface area (Å²) in [6, 6.07) is 7.20. The van der Waals surface area contributed by atoms with E-state index in [1.54, 1.807) is 6.07 Å². The molecule has 0 aliphatic rings. The zero-order valence-corrected chi connectivity index (χ0v) is 16.6. The first kappa shape index (κ1) is 21.2. The van der Waals surface area contributed by atoms with Crippen LogP contribution >= 0.6 is 0 Å². The van der Waals surface area contributed by atoms with Crippen LogP contribution in [0.25, 0.3) is 0 Å². The molecule has 0 spiro atoms. The molecular formula is C21H20F3N3O3. The molecule has 0 amide bonds. The summed E-state index contributed by atoms with van der Waals surface area (Å²) in [6.45, 7) is 1.87. The first-order chi connectivity index (χ1) is 14.4. The summed E-state index contributed by atoms with van der Waals surface area (Å²) in [6.07, 6.45) is 2.06. The second kappa shape index (κ2) is 8.89. The molecular weight excluding hydrogens is 399 g/mol. The van der Waals surface area contributed by atoms with Crippen LogP contribution in [-0.4, -0.2) is 23.8 Å². The number of methoxy groups -OCH3 is 2. The van der Waals surface area contributed by atoms with Gasteiger partial charge in [0.1, 0.15) is 5.75 Å². The van der Waals surface area contributed by atoms with E-state index in [0.29, 0.717) is 17.9 Å². The van der Waals surface area contributed by atoms with Gasteiger partial charge in [0.05, 0.1) is 27.0 Å². The number of nitrogens with one attached hydrogen (secondary N) is 1. The van der Waals surface area contributed by atoms with Crippen LogP contribution in [0, 0.1) is 17.5 Å². The lowest BCUT2D eigenvalue weighted by Gasteiger charge is -2.17. The van der Waals surface area contributed by atoms with Crippen molar-refractivity contribution in [2.24, 2.45) is 0 Å². The van der Waals surface area contributed by atoms with Crippen LogP contribution in [0.1, 0.15) is 18.1 Å². The van der Waals surface area contributed by atoms with Gasteiger partial charge in [0.2, 0.25) is 11.7 Å². The number of halogens is 3. The molecule has 3 rings (SSSR count). The van der Waals surface area contributed by atoms with Gasteiger partial charge in [-0.3, -0.25) is 4.79 Å². The van der Waals surface area contributed by atoms with Crippen LogP contribution in [0.3, 0.4) is 0 Å². The Morgan fingerprint density at radius 3 is 2.37 bits per heavy atom. The van der Waals surface area contributed by atoms with E-state index in [0.717, 1.165) is 17.7 Å². The maximum Gasteiger partial charge on any atom is 0.316 e. The van der Waals surface area contributed by atoms with E-state index >= 15 is 0 Å². The Morgan fingerprint density at radius 2 is 1.77 bits per heavy atom. The molecule has 0 fully saturated rings. The molecule has 1 N–H and O–H groups in total. The number of benzene rings is 2. The Bertz CT molecular complexity index is 1110. The molecule has 0 aliphatic heterocycles. The van der Waals surface area contributed by atoms with Crippen molar-refractivity contribution in [1.82, 2.24) is 9.55 Å². The summed E-state index contributed by atoms with van der Waals surface area (Å²) >= 11 is 0. The van der Waals surface area contributed by atoms with Gasteiger partial charge in [-0.15, -0.1) is 0 Å². The van der Waals surface area contributed by atoms with Gasteiger partial charge in [0.15, 0.2) is 17.5 Å². The Labute approximate surface area is 170 Å². The lowest BCUT2D eigenvalue weighted by molar-refractivity contribution is 0.402.